The van der Waals surface area contributed by atoms with E-state index in [1.165, 1.54) is 18.2 Å². The van der Waals surface area contributed by atoms with Gasteiger partial charge < -0.3 is 15.7 Å². The number of hydrogen-bond acceptors (Lipinski definition) is 5. The van der Waals surface area contributed by atoms with Crippen molar-refractivity contribution in [1.82, 2.24) is 4.90 Å². The summed E-state index contributed by atoms with van der Waals surface area (Å²) in [5.41, 5.74) is 5.06. The molecule has 3 N–H and O–H groups in total. The largest absolute Gasteiger partial charge is 0.480 e. The number of nitro groups is 1. The van der Waals surface area contributed by atoms with E-state index in [2.05, 4.69) is 0 Å². The molecule has 1 aromatic carbocycles. The number of hydrogen-bond donors (Lipinski definition) is 2. The lowest BCUT2D eigenvalue weighted by Gasteiger charge is -2.23. The van der Waals surface area contributed by atoms with Gasteiger partial charge in [-0.2, -0.15) is 0 Å². The second-order valence-corrected chi connectivity index (χ2v) is 4.85. The van der Waals surface area contributed by atoms with Crippen LogP contribution in [0.2, 0.25) is 0 Å². The van der Waals surface area contributed by atoms with Crippen LogP contribution >= 0.6 is 0 Å². The average Bonchev–Trinajstić information content (AvgIpc) is 2.76. The number of carboxylic acid groups (broad SMARTS) is 1. The van der Waals surface area contributed by atoms with Crippen LogP contribution in [-0.4, -0.2) is 38.8 Å². The van der Waals surface area contributed by atoms with Crippen LogP contribution in [0.3, 0.4) is 0 Å². The summed E-state index contributed by atoms with van der Waals surface area (Å²) in [6.07, 6.45) is -0.336. The summed E-state index contributed by atoms with van der Waals surface area (Å²) < 4.78 is 0. The standard InChI is InChI=1S/C13H13N3O6/c14-11(17)5-4-10(13(19)20)15-6-8-7(12(15)18)2-1-3-9(8)16(21)22/h1-3,10H,4-6H2,(H2,14,17)(H,19,20). The molecule has 0 fully saturated rings. The van der Waals surface area contributed by atoms with Crippen LogP contribution in [0.4, 0.5) is 5.69 Å². The summed E-state index contributed by atoms with van der Waals surface area (Å²) in [4.78, 5) is 45.8. The fraction of sp³-hybridized carbons (Fsp3) is 0.308. The highest BCUT2D eigenvalue weighted by molar-refractivity contribution is 6.01. The number of carboxylic acids is 1. The average molecular weight is 307 g/mol. The summed E-state index contributed by atoms with van der Waals surface area (Å²) in [6.45, 7) is -0.180. The van der Waals surface area contributed by atoms with Gasteiger partial charge in [-0.15, -0.1) is 0 Å². The zero-order valence-corrected chi connectivity index (χ0v) is 11.4. The van der Waals surface area contributed by atoms with E-state index in [1.807, 2.05) is 0 Å². The number of carbonyl (C=O) groups is 3. The normalized spacial score (nSPS) is 14.5. The number of fused-ring (bicyclic) bond motifs is 1. The van der Waals surface area contributed by atoms with Crippen molar-refractivity contribution in [2.75, 3.05) is 0 Å². The van der Waals surface area contributed by atoms with Crippen LogP contribution in [0, 0.1) is 10.1 Å². The van der Waals surface area contributed by atoms with Crippen molar-refractivity contribution in [2.24, 2.45) is 5.73 Å². The van der Waals surface area contributed by atoms with Gasteiger partial charge in [-0.25, -0.2) is 4.79 Å². The van der Waals surface area contributed by atoms with E-state index in [0.717, 1.165) is 4.90 Å². The number of carbonyl (C=O) groups excluding carboxylic acids is 2. The first kappa shape index (κ1) is 15.4. The Kier molecular flexibility index (Phi) is 4.06. The van der Waals surface area contributed by atoms with Gasteiger partial charge in [0.15, 0.2) is 0 Å². The molecular formula is C13H13N3O6. The number of nitrogens with two attached hydrogens (primary N) is 1. The third-order valence-electron chi connectivity index (χ3n) is 3.49. The summed E-state index contributed by atoms with van der Waals surface area (Å²) in [7, 11) is 0. The number of primary amides is 1. The van der Waals surface area contributed by atoms with Crippen LogP contribution in [-0.2, 0) is 16.1 Å². The highest BCUT2D eigenvalue weighted by atomic mass is 16.6. The minimum Gasteiger partial charge on any atom is -0.480 e. The van der Waals surface area contributed by atoms with E-state index < -0.39 is 28.7 Å². The minimum atomic E-state index is -1.29. The van der Waals surface area contributed by atoms with Gasteiger partial charge in [0.2, 0.25) is 5.91 Å². The number of amides is 2. The SMILES string of the molecule is NC(=O)CCC(C(=O)O)N1Cc2c(cccc2[N+](=O)[O-])C1=O. The Balaban J connectivity index is 2.33. The van der Waals surface area contributed by atoms with E-state index in [0.29, 0.717) is 0 Å². The zero-order valence-electron chi connectivity index (χ0n) is 11.4. The summed E-state index contributed by atoms with van der Waals surface area (Å²) in [5, 5.41) is 20.2. The molecule has 1 atom stereocenters. The maximum Gasteiger partial charge on any atom is 0.326 e. The molecule has 9 heteroatoms. The van der Waals surface area contributed by atoms with Crippen molar-refractivity contribution >= 4 is 23.5 Å². The Morgan fingerprint density at radius 1 is 1.45 bits per heavy atom. The van der Waals surface area contributed by atoms with E-state index in [4.69, 9.17) is 5.73 Å². The smallest absolute Gasteiger partial charge is 0.326 e. The first-order valence-electron chi connectivity index (χ1n) is 6.41. The molecule has 1 heterocycles. The molecular weight excluding hydrogens is 294 g/mol. The third-order valence-corrected chi connectivity index (χ3v) is 3.49. The van der Waals surface area contributed by atoms with Gasteiger partial charge >= 0.3 is 5.97 Å². The molecule has 0 aliphatic carbocycles. The van der Waals surface area contributed by atoms with E-state index >= 15 is 0 Å². The molecule has 1 aliphatic rings. The maximum atomic E-state index is 12.3. The van der Waals surface area contributed by atoms with Crippen molar-refractivity contribution in [2.45, 2.75) is 25.4 Å². The highest BCUT2D eigenvalue weighted by Gasteiger charge is 2.39. The van der Waals surface area contributed by atoms with E-state index in [-0.39, 0.29) is 36.2 Å². The first-order valence-corrected chi connectivity index (χ1v) is 6.41. The van der Waals surface area contributed by atoms with Crippen molar-refractivity contribution < 1.29 is 24.4 Å². The van der Waals surface area contributed by atoms with Gasteiger partial charge in [-0.05, 0) is 12.5 Å². The fourth-order valence-electron chi connectivity index (χ4n) is 2.45. The molecule has 22 heavy (non-hydrogen) atoms. The summed E-state index contributed by atoms with van der Waals surface area (Å²) in [5.74, 6) is -2.57. The maximum absolute atomic E-state index is 12.3. The van der Waals surface area contributed by atoms with Gasteiger partial charge in [-0.3, -0.25) is 19.7 Å². The molecule has 1 aliphatic heterocycles. The van der Waals surface area contributed by atoms with E-state index in [1.54, 1.807) is 0 Å². The van der Waals surface area contributed by atoms with Gasteiger partial charge in [0, 0.05) is 12.5 Å². The molecule has 1 aromatic rings. The van der Waals surface area contributed by atoms with Crippen LogP contribution in [0.1, 0.15) is 28.8 Å². The highest BCUT2D eigenvalue weighted by Crippen LogP contribution is 2.32. The Morgan fingerprint density at radius 3 is 2.68 bits per heavy atom. The molecule has 116 valence electrons. The molecule has 0 bridgehead atoms. The lowest BCUT2D eigenvalue weighted by Crippen LogP contribution is -2.42. The van der Waals surface area contributed by atoms with E-state index in [9.17, 15) is 29.6 Å². The molecule has 1 unspecified atom stereocenters. The molecule has 0 saturated carbocycles. The summed E-state index contributed by atoms with van der Waals surface area (Å²) in [6, 6.07) is 2.79. The molecule has 0 spiro atoms. The Bertz CT molecular complexity index is 672. The van der Waals surface area contributed by atoms with Gasteiger partial charge in [0.25, 0.3) is 11.6 Å². The molecule has 9 nitrogen and oxygen atoms in total. The number of nitro benzene ring substituents is 1. The number of nitrogens with zero attached hydrogens (tertiary/aromatic N) is 2. The van der Waals surface area contributed by atoms with Crippen molar-refractivity contribution in [3.8, 4) is 0 Å². The van der Waals surface area contributed by atoms with Crippen LogP contribution in [0.15, 0.2) is 18.2 Å². The number of aliphatic carboxylic acids is 1. The predicted octanol–water partition coefficient (Wildman–Crippen LogP) is 0.269. The first-order chi connectivity index (χ1) is 10.3. The number of benzene rings is 1. The molecule has 0 saturated heterocycles. The Morgan fingerprint density at radius 2 is 2.14 bits per heavy atom. The van der Waals surface area contributed by atoms with Crippen LogP contribution in [0.5, 0.6) is 0 Å². The lowest BCUT2D eigenvalue weighted by atomic mass is 10.1. The Hall–Kier alpha value is -2.97. The summed E-state index contributed by atoms with van der Waals surface area (Å²) >= 11 is 0. The van der Waals surface area contributed by atoms with Gasteiger partial charge in [-0.1, -0.05) is 6.07 Å². The van der Waals surface area contributed by atoms with Crippen LogP contribution in [0.25, 0.3) is 0 Å². The van der Waals surface area contributed by atoms with Crippen molar-refractivity contribution in [1.29, 1.82) is 0 Å². The quantitative estimate of drug-likeness (QED) is 0.570. The zero-order chi connectivity index (χ0) is 16.4. The minimum absolute atomic E-state index is 0.111. The van der Waals surface area contributed by atoms with Gasteiger partial charge in [0.05, 0.1) is 22.6 Å². The number of rotatable bonds is 6. The third kappa shape index (κ3) is 2.73. The molecule has 0 aromatic heterocycles. The fourth-order valence-corrected chi connectivity index (χ4v) is 2.45. The molecule has 2 rings (SSSR count). The second kappa shape index (κ2) is 5.80. The Labute approximate surface area is 124 Å². The second-order valence-electron chi connectivity index (χ2n) is 4.85. The topological polar surface area (TPSA) is 144 Å². The monoisotopic (exact) mass is 307 g/mol. The molecule has 2 amide bonds. The predicted molar refractivity (Wildman–Crippen MR) is 72.8 cm³/mol. The van der Waals surface area contributed by atoms with Crippen molar-refractivity contribution in [3.05, 3.63) is 39.4 Å². The lowest BCUT2D eigenvalue weighted by molar-refractivity contribution is -0.385. The van der Waals surface area contributed by atoms with Gasteiger partial charge in [0.1, 0.15) is 6.04 Å². The van der Waals surface area contributed by atoms with Crippen LogP contribution < -0.4 is 5.73 Å². The van der Waals surface area contributed by atoms with Crippen molar-refractivity contribution in [3.63, 3.8) is 0 Å². The molecule has 0 radical (unpaired) electrons.